The van der Waals surface area contributed by atoms with Crippen LogP contribution in [0.4, 0.5) is 4.39 Å². The van der Waals surface area contributed by atoms with Crippen molar-refractivity contribution in [3.05, 3.63) is 76.6 Å². The molecule has 2 fully saturated rings. The quantitative estimate of drug-likeness (QED) is 0.589. The fraction of sp³-hybridized carbons (Fsp3) is 0.444. The molecule has 36 heavy (non-hydrogen) atoms. The Morgan fingerprint density at radius 2 is 2.00 bits per heavy atom. The number of halogens is 1. The van der Waals surface area contributed by atoms with Gasteiger partial charge in [-0.1, -0.05) is 12.1 Å². The minimum atomic E-state index is -0.508. The molecular weight excluding hydrogens is 463 g/mol. The molecule has 1 N–H and O–H groups in total. The second-order valence-corrected chi connectivity index (χ2v) is 10.0. The van der Waals surface area contributed by atoms with Crippen LogP contribution in [0.25, 0.3) is 11.1 Å². The van der Waals surface area contributed by atoms with Crippen molar-refractivity contribution in [1.82, 2.24) is 19.4 Å². The average molecular weight is 493 g/mol. The number of hydrogen-bond donors (Lipinski definition) is 1. The van der Waals surface area contributed by atoms with Crippen LogP contribution < -0.4 is 5.56 Å². The SMILES string of the molecule is O=C([C@H]1[C@H](CO)[C@H]2Cn3c(ccc(-c4cccc(F)c4)c3=O)[C@H]2N1Cc1cocn1)N1CCCCC1. The molecule has 5 heterocycles. The number of pyridine rings is 1. The van der Waals surface area contributed by atoms with Gasteiger partial charge in [0.05, 0.1) is 17.8 Å². The van der Waals surface area contributed by atoms with E-state index in [4.69, 9.17) is 4.42 Å². The zero-order chi connectivity index (χ0) is 24.8. The smallest absolute Gasteiger partial charge is 0.258 e. The summed E-state index contributed by atoms with van der Waals surface area (Å²) >= 11 is 0. The van der Waals surface area contributed by atoms with Crippen LogP contribution in [-0.4, -0.2) is 56.1 Å². The van der Waals surface area contributed by atoms with Crippen molar-refractivity contribution in [2.45, 2.75) is 44.4 Å². The van der Waals surface area contributed by atoms with Gasteiger partial charge in [0.15, 0.2) is 6.39 Å². The van der Waals surface area contributed by atoms with Gasteiger partial charge in [0.2, 0.25) is 5.91 Å². The number of hydrogen-bond acceptors (Lipinski definition) is 6. The molecule has 1 amide bonds. The molecule has 0 bridgehead atoms. The van der Waals surface area contributed by atoms with E-state index in [0.717, 1.165) is 38.0 Å². The summed E-state index contributed by atoms with van der Waals surface area (Å²) in [5.41, 5.74) is 2.28. The molecule has 0 radical (unpaired) electrons. The highest BCUT2D eigenvalue weighted by Crippen LogP contribution is 2.50. The molecule has 2 saturated heterocycles. The van der Waals surface area contributed by atoms with Crippen molar-refractivity contribution in [2.75, 3.05) is 19.7 Å². The largest absolute Gasteiger partial charge is 0.451 e. The summed E-state index contributed by atoms with van der Waals surface area (Å²) in [6.45, 7) is 2.08. The number of carbonyl (C=O) groups excluding carboxylic acids is 1. The summed E-state index contributed by atoms with van der Waals surface area (Å²) in [6, 6.07) is 8.94. The molecular formula is C27H29FN4O4. The maximum Gasteiger partial charge on any atom is 0.258 e. The van der Waals surface area contributed by atoms with E-state index in [1.165, 1.54) is 18.5 Å². The third kappa shape index (κ3) is 3.77. The summed E-state index contributed by atoms with van der Waals surface area (Å²) in [5, 5.41) is 10.5. The molecule has 0 saturated carbocycles. The lowest BCUT2D eigenvalue weighted by Gasteiger charge is -2.35. The maximum absolute atomic E-state index is 13.9. The monoisotopic (exact) mass is 492 g/mol. The van der Waals surface area contributed by atoms with Crippen LogP contribution in [0.15, 0.2) is 58.3 Å². The zero-order valence-corrected chi connectivity index (χ0v) is 19.9. The summed E-state index contributed by atoms with van der Waals surface area (Å²) < 4.78 is 20.8. The van der Waals surface area contributed by atoms with Gasteiger partial charge in [0.1, 0.15) is 12.1 Å². The zero-order valence-electron chi connectivity index (χ0n) is 19.9. The molecule has 2 aromatic heterocycles. The predicted molar refractivity (Wildman–Crippen MR) is 129 cm³/mol. The van der Waals surface area contributed by atoms with Gasteiger partial charge in [-0.2, -0.15) is 0 Å². The maximum atomic E-state index is 13.9. The Labute approximate surface area is 208 Å². The van der Waals surface area contributed by atoms with E-state index < -0.39 is 11.9 Å². The van der Waals surface area contributed by atoms with E-state index in [9.17, 15) is 19.1 Å². The fourth-order valence-corrected chi connectivity index (χ4v) is 6.44. The second kappa shape index (κ2) is 9.29. The lowest BCUT2D eigenvalue weighted by atomic mass is 9.88. The van der Waals surface area contributed by atoms with Crippen molar-refractivity contribution in [3.8, 4) is 11.1 Å². The Hall–Kier alpha value is -3.30. The third-order valence-corrected chi connectivity index (χ3v) is 8.08. The number of aliphatic hydroxyl groups excluding tert-OH is 1. The average Bonchev–Trinajstić information content (AvgIpc) is 3.61. The number of likely N-dealkylation sites (tertiary alicyclic amines) is 2. The molecule has 0 unspecified atom stereocenters. The van der Waals surface area contributed by atoms with Crippen molar-refractivity contribution in [1.29, 1.82) is 0 Å². The molecule has 188 valence electrons. The van der Waals surface area contributed by atoms with E-state index in [2.05, 4.69) is 9.88 Å². The third-order valence-electron chi connectivity index (χ3n) is 8.08. The number of oxazole rings is 1. The fourth-order valence-electron chi connectivity index (χ4n) is 6.44. The first-order chi connectivity index (χ1) is 17.6. The van der Waals surface area contributed by atoms with Gasteiger partial charge in [-0.25, -0.2) is 9.37 Å². The number of benzene rings is 1. The van der Waals surface area contributed by atoms with Crippen LogP contribution in [0.2, 0.25) is 0 Å². The molecule has 3 aliphatic heterocycles. The van der Waals surface area contributed by atoms with Gasteiger partial charge >= 0.3 is 0 Å². The summed E-state index contributed by atoms with van der Waals surface area (Å²) in [5.74, 6) is -0.797. The Morgan fingerprint density at radius 3 is 2.72 bits per heavy atom. The minimum Gasteiger partial charge on any atom is -0.451 e. The highest BCUT2D eigenvalue weighted by molar-refractivity contribution is 5.83. The van der Waals surface area contributed by atoms with Crippen LogP contribution in [-0.2, 0) is 17.9 Å². The topological polar surface area (TPSA) is 91.8 Å². The normalized spacial score (nSPS) is 25.7. The number of carbonyl (C=O) groups is 1. The highest BCUT2D eigenvalue weighted by Gasteiger charge is 2.56. The van der Waals surface area contributed by atoms with E-state index in [1.54, 1.807) is 29.0 Å². The molecule has 3 aromatic rings. The molecule has 4 atom stereocenters. The predicted octanol–water partition coefficient (Wildman–Crippen LogP) is 2.82. The van der Waals surface area contributed by atoms with Crippen molar-refractivity contribution in [2.24, 2.45) is 11.8 Å². The highest BCUT2D eigenvalue weighted by atomic mass is 19.1. The number of amides is 1. The number of aliphatic hydroxyl groups is 1. The Morgan fingerprint density at radius 1 is 1.17 bits per heavy atom. The Balaban J connectivity index is 1.41. The first-order valence-corrected chi connectivity index (χ1v) is 12.6. The molecule has 9 heteroatoms. The molecule has 6 rings (SSSR count). The van der Waals surface area contributed by atoms with Crippen molar-refractivity contribution in [3.63, 3.8) is 0 Å². The lowest BCUT2D eigenvalue weighted by molar-refractivity contribution is -0.139. The van der Waals surface area contributed by atoms with Gasteiger partial charge in [-0.05, 0) is 49.1 Å². The van der Waals surface area contributed by atoms with Crippen molar-refractivity contribution >= 4 is 5.91 Å². The van der Waals surface area contributed by atoms with Crippen LogP contribution in [0.5, 0.6) is 0 Å². The summed E-state index contributed by atoms with van der Waals surface area (Å²) in [4.78, 5) is 35.7. The minimum absolute atomic E-state index is 0.0388. The Kier molecular flexibility index (Phi) is 5.97. The lowest BCUT2D eigenvalue weighted by Crippen LogP contribution is -2.51. The standard InChI is InChI=1S/C27H29FN4O4/c28-18-6-4-5-17(11-18)20-7-8-23-24-21(13-31(23)26(20)34)22(14-33)25(27(35)30-9-2-1-3-10-30)32(24)12-19-15-36-16-29-19/h4-8,11,15-16,21-22,24-25,33H,1-3,9-10,12-14H2/t21-,22-,24+,25-/m1/s1. The number of aromatic nitrogens is 2. The van der Waals surface area contributed by atoms with E-state index >= 15 is 0 Å². The molecule has 0 spiro atoms. The van der Waals surface area contributed by atoms with Gasteiger partial charge in [0.25, 0.3) is 5.56 Å². The van der Waals surface area contributed by atoms with Gasteiger partial charge in [-0.3, -0.25) is 14.5 Å². The molecule has 0 aliphatic carbocycles. The number of fused-ring (bicyclic) bond motifs is 3. The van der Waals surface area contributed by atoms with Gasteiger partial charge < -0.3 is 19.0 Å². The summed E-state index contributed by atoms with van der Waals surface area (Å²) in [6.07, 6.45) is 6.03. The Bertz CT molecular complexity index is 1320. The first-order valence-electron chi connectivity index (χ1n) is 12.6. The van der Waals surface area contributed by atoms with Crippen LogP contribution in [0.3, 0.4) is 0 Å². The van der Waals surface area contributed by atoms with Gasteiger partial charge in [0, 0.05) is 55.9 Å². The van der Waals surface area contributed by atoms with E-state index in [-0.39, 0.29) is 36.0 Å². The second-order valence-electron chi connectivity index (χ2n) is 10.0. The number of rotatable bonds is 5. The molecule has 8 nitrogen and oxygen atoms in total. The van der Waals surface area contributed by atoms with E-state index in [0.29, 0.717) is 29.9 Å². The molecule has 1 aromatic carbocycles. The van der Waals surface area contributed by atoms with Crippen LogP contribution in [0, 0.1) is 17.7 Å². The molecule has 3 aliphatic rings. The van der Waals surface area contributed by atoms with Gasteiger partial charge in [-0.15, -0.1) is 0 Å². The number of nitrogens with zero attached hydrogens (tertiary/aromatic N) is 4. The van der Waals surface area contributed by atoms with Crippen molar-refractivity contribution < 1.29 is 18.7 Å². The number of piperidine rings is 1. The van der Waals surface area contributed by atoms with Crippen LogP contribution >= 0.6 is 0 Å². The summed E-state index contributed by atoms with van der Waals surface area (Å²) in [7, 11) is 0. The first kappa shape index (κ1) is 23.1. The van der Waals surface area contributed by atoms with Crippen LogP contribution in [0.1, 0.15) is 36.7 Å². The van der Waals surface area contributed by atoms with E-state index in [1.807, 2.05) is 11.0 Å².